The van der Waals surface area contributed by atoms with Gasteiger partial charge in [-0.1, -0.05) is 29.8 Å². The maximum Gasteiger partial charge on any atom is 0.410 e. The van der Waals surface area contributed by atoms with Crippen molar-refractivity contribution in [3.63, 3.8) is 0 Å². The van der Waals surface area contributed by atoms with Crippen LogP contribution in [0, 0.1) is 6.92 Å². The molecule has 1 aromatic carbocycles. The summed E-state index contributed by atoms with van der Waals surface area (Å²) in [5.74, 6) is 0. The minimum Gasteiger partial charge on any atom is -0.445 e. The van der Waals surface area contributed by atoms with Gasteiger partial charge in [-0.2, -0.15) is 0 Å². The number of nitrogens with zero attached hydrogens (tertiary/aromatic N) is 2. The molecule has 0 radical (unpaired) electrons. The third-order valence-electron chi connectivity index (χ3n) is 4.02. The van der Waals surface area contributed by atoms with E-state index in [2.05, 4.69) is 0 Å². The van der Waals surface area contributed by atoms with Crippen molar-refractivity contribution in [2.24, 2.45) is 0 Å². The smallest absolute Gasteiger partial charge is 0.410 e. The summed E-state index contributed by atoms with van der Waals surface area (Å²) >= 11 is 0. The number of aliphatic hydroxyl groups is 1. The van der Waals surface area contributed by atoms with E-state index < -0.39 is 23.8 Å². The van der Waals surface area contributed by atoms with Crippen LogP contribution in [0.4, 0.5) is 9.59 Å². The van der Waals surface area contributed by atoms with Gasteiger partial charge >= 0.3 is 12.2 Å². The number of piperazine rings is 1. The topological polar surface area (TPSA) is 79.3 Å². The molecule has 1 aliphatic rings. The number of benzene rings is 1. The number of rotatable bonds is 3. The van der Waals surface area contributed by atoms with Crippen molar-refractivity contribution >= 4 is 12.2 Å². The minimum absolute atomic E-state index is 0.172. The van der Waals surface area contributed by atoms with Crippen molar-refractivity contribution in [3.05, 3.63) is 35.4 Å². The second-order valence-electron chi connectivity index (χ2n) is 7.50. The van der Waals surface area contributed by atoms with Gasteiger partial charge in [0.05, 0.1) is 12.6 Å². The van der Waals surface area contributed by atoms with Gasteiger partial charge in [0.2, 0.25) is 0 Å². The number of amides is 2. The molecule has 144 valence electrons. The summed E-state index contributed by atoms with van der Waals surface area (Å²) in [4.78, 5) is 27.5. The van der Waals surface area contributed by atoms with Gasteiger partial charge in [0.1, 0.15) is 12.2 Å². The number of aryl methyl sites for hydroxylation is 1. The Hall–Kier alpha value is -2.28. The molecule has 1 N–H and O–H groups in total. The van der Waals surface area contributed by atoms with Crippen LogP contribution in [0.2, 0.25) is 0 Å². The highest BCUT2D eigenvalue weighted by Crippen LogP contribution is 2.16. The Morgan fingerprint density at radius 2 is 1.96 bits per heavy atom. The second-order valence-corrected chi connectivity index (χ2v) is 7.50. The standard InChI is InChI=1S/C19H28N2O5/c1-14-6-5-7-15(10-14)13-25-18(24)21-9-8-20(11-16(21)12-22)17(23)26-19(2,3)4/h5-7,10,16,22H,8-9,11-13H2,1-4H3. The molecule has 1 saturated heterocycles. The van der Waals surface area contributed by atoms with E-state index in [1.54, 1.807) is 20.8 Å². The maximum atomic E-state index is 12.4. The number of hydrogen-bond donors (Lipinski definition) is 1. The highest BCUT2D eigenvalue weighted by atomic mass is 16.6. The van der Waals surface area contributed by atoms with E-state index in [9.17, 15) is 14.7 Å². The summed E-state index contributed by atoms with van der Waals surface area (Å²) < 4.78 is 10.7. The molecular formula is C19H28N2O5. The summed E-state index contributed by atoms with van der Waals surface area (Å²) in [6, 6.07) is 7.22. The van der Waals surface area contributed by atoms with E-state index in [1.807, 2.05) is 31.2 Å². The average molecular weight is 364 g/mol. The van der Waals surface area contributed by atoms with Crippen LogP contribution >= 0.6 is 0 Å². The van der Waals surface area contributed by atoms with Gasteiger partial charge < -0.3 is 19.5 Å². The van der Waals surface area contributed by atoms with Gasteiger partial charge in [-0.15, -0.1) is 0 Å². The third kappa shape index (κ3) is 5.62. The van der Waals surface area contributed by atoms with E-state index in [0.717, 1.165) is 11.1 Å². The van der Waals surface area contributed by atoms with Crippen molar-refractivity contribution < 1.29 is 24.2 Å². The molecule has 0 bridgehead atoms. The van der Waals surface area contributed by atoms with Crippen molar-refractivity contribution in [1.82, 2.24) is 9.80 Å². The van der Waals surface area contributed by atoms with E-state index in [4.69, 9.17) is 9.47 Å². The molecule has 1 unspecified atom stereocenters. The Morgan fingerprint density at radius 1 is 1.23 bits per heavy atom. The molecule has 1 aromatic rings. The normalized spacial score (nSPS) is 17.8. The second kappa shape index (κ2) is 8.40. The molecule has 1 fully saturated rings. The fourth-order valence-corrected chi connectivity index (χ4v) is 2.77. The largest absolute Gasteiger partial charge is 0.445 e. The summed E-state index contributed by atoms with van der Waals surface area (Å²) in [5.41, 5.74) is 1.42. The molecule has 26 heavy (non-hydrogen) atoms. The first-order chi connectivity index (χ1) is 12.2. The molecule has 7 nitrogen and oxygen atoms in total. The first-order valence-corrected chi connectivity index (χ1v) is 8.77. The van der Waals surface area contributed by atoms with Crippen LogP contribution in [-0.4, -0.2) is 65.0 Å². The van der Waals surface area contributed by atoms with Gasteiger partial charge in [0.15, 0.2) is 0 Å². The fourth-order valence-electron chi connectivity index (χ4n) is 2.77. The number of hydrogen-bond acceptors (Lipinski definition) is 5. The SMILES string of the molecule is Cc1cccc(COC(=O)N2CCN(C(=O)OC(C)(C)C)CC2CO)c1. The van der Waals surface area contributed by atoms with Gasteiger partial charge in [-0.05, 0) is 33.3 Å². The summed E-state index contributed by atoms with van der Waals surface area (Å²) in [7, 11) is 0. The minimum atomic E-state index is -0.588. The molecular weight excluding hydrogens is 336 g/mol. The molecule has 0 aliphatic carbocycles. The van der Waals surface area contributed by atoms with Crippen molar-refractivity contribution in [1.29, 1.82) is 0 Å². The molecule has 2 rings (SSSR count). The lowest BCUT2D eigenvalue weighted by atomic mass is 10.1. The monoisotopic (exact) mass is 364 g/mol. The Labute approximate surface area is 154 Å². The Kier molecular flexibility index (Phi) is 6.47. The third-order valence-corrected chi connectivity index (χ3v) is 4.02. The zero-order chi connectivity index (χ0) is 19.3. The Balaban J connectivity index is 1.92. The molecule has 7 heteroatoms. The number of aliphatic hydroxyl groups excluding tert-OH is 1. The maximum absolute atomic E-state index is 12.4. The van der Waals surface area contributed by atoms with E-state index in [1.165, 1.54) is 9.80 Å². The molecule has 1 atom stereocenters. The number of carbonyl (C=O) groups excluding carboxylic acids is 2. The van der Waals surface area contributed by atoms with Crippen molar-refractivity contribution in [3.8, 4) is 0 Å². The van der Waals surface area contributed by atoms with E-state index >= 15 is 0 Å². The van der Waals surface area contributed by atoms with Gasteiger partial charge in [0.25, 0.3) is 0 Å². The summed E-state index contributed by atoms with van der Waals surface area (Å²) in [6.07, 6.45) is -0.932. The molecule has 1 aliphatic heterocycles. The van der Waals surface area contributed by atoms with E-state index in [-0.39, 0.29) is 26.3 Å². The molecule has 0 spiro atoms. The van der Waals surface area contributed by atoms with Gasteiger partial charge in [-0.25, -0.2) is 9.59 Å². The molecule has 2 amide bonds. The van der Waals surface area contributed by atoms with Gasteiger partial charge in [-0.3, -0.25) is 4.90 Å². The highest BCUT2D eigenvalue weighted by Gasteiger charge is 2.34. The lowest BCUT2D eigenvalue weighted by molar-refractivity contribution is -0.00667. The predicted molar refractivity (Wildman–Crippen MR) is 96.8 cm³/mol. The summed E-state index contributed by atoms with van der Waals surface area (Å²) in [6.45, 7) is 8.13. The Morgan fingerprint density at radius 3 is 2.58 bits per heavy atom. The highest BCUT2D eigenvalue weighted by molar-refractivity contribution is 5.71. The van der Waals surface area contributed by atoms with E-state index in [0.29, 0.717) is 6.54 Å². The van der Waals surface area contributed by atoms with Crippen LogP contribution in [0.15, 0.2) is 24.3 Å². The lowest BCUT2D eigenvalue weighted by Crippen LogP contribution is -2.58. The number of ether oxygens (including phenoxy) is 2. The zero-order valence-corrected chi connectivity index (χ0v) is 15.9. The summed E-state index contributed by atoms with van der Waals surface area (Å²) in [5, 5.41) is 9.64. The van der Waals surface area contributed by atoms with Crippen molar-refractivity contribution in [2.75, 3.05) is 26.2 Å². The van der Waals surface area contributed by atoms with Crippen LogP contribution in [0.1, 0.15) is 31.9 Å². The van der Waals surface area contributed by atoms with Crippen molar-refractivity contribution in [2.45, 2.75) is 45.9 Å². The quantitative estimate of drug-likeness (QED) is 0.892. The predicted octanol–water partition coefficient (Wildman–Crippen LogP) is 2.55. The fraction of sp³-hybridized carbons (Fsp3) is 0.579. The zero-order valence-electron chi connectivity index (χ0n) is 15.9. The molecule has 1 heterocycles. The van der Waals surface area contributed by atoms with Crippen LogP contribution < -0.4 is 0 Å². The first kappa shape index (κ1) is 20.0. The van der Waals surface area contributed by atoms with Crippen LogP contribution in [0.3, 0.4) is 0 Å². The van der Waals surface area contributed by atoms with Crippen LogP contribution in [0.25, 0.3) is 0 Å². The van der Waals surface area contributed by atoms with Crippen LogP contribution in [-0.2, 0) is 16.1 Å². The molecule has 0 saturated carbocycles. The number of carbonyl (C=O) groups is 2. The average Bonchev–Trinajstić information content (AvgIpc) is 2.57. The Bertz CT molecular complexity index is 641. The molecule has 0 aromatic heterocycles. The van der Waals surface area contributed by atoms with Crippen LogP contribution in [0.5, 0.6) is 0 Å². The lowest BCUT2D eigenvalue weighted by Gasteiger charge is -2.40. The first-order valence-electron chi connectivity index (χ1n) is 8.77. The van der Waals surface area contributed by atoms with Gasteiger partial charge in [0, 0.05) is 19.6 Å².